The van der Waals surface area contributed by atoms with Gasteiger partial charge in [0.25, 0.3) is 0 Å². The fourth-order valence-electron chi connectivity index (χ4n) is 6.24. The molecule has 2 unspecified atom stereocenters. The van der Waals surface area contributed by atoms with Crippen molar-refractivity contribution in [2.45, 2.75) is 125 Å². The molecule has 0 saturated carbocycles. The maximum Gasteiger partial charge on any atom is 0.312 e. The Balaban J connectivity index is 2.24. The van der Waals surface area contributed by atoms with Crippen LogP contribution in [0.4, 0.5) is 0 Å². The van der Waals surface area contributed by atoms with Gasteiger partial charge in [-0.25, -0.2) is 4.99 Å². The van der Waals surface area contributed by atoms with E-state index in [0.29, 0.717) is 12.0 Å². The first-order valence-electron chi connectivity index (χ1n) is 18.9. The monoisotopic (exact) mass is 734 g/mol. The van der Waals surface area contributed by atoms with Crippen LogP contribution < -0.4 is 0 Å². The van der Waals surface area contributed by atoms with Crippen LogP contribution in [0.15, 0.2) is 77.6 Å². The summed E-state index contributed by atoms with van der Waals surface area (Å²) in [7, 11) is 0. The lowest BCUT2D eigenvalue weighted by Crippen LogP contribution is -2.46. The molecule has 2 rings (SSSR count). The minimum atomic E-state index is -1.11. The summed E-state index contributed by atoms with van der Waals surface area (Å²) >= 11 is 0. The van der Waals surface area contributed by atoms with E-state index in [1.807, 2.05) is 62.4 Å². The average molecular weight is 735 g/mol. The van der Waals surface area contributed by atoms with Crippen molar-refractivity contribution in [3.8, 4) is 0 Å². The molecular formula is C43H62N2O8. The molecule has 10 nitrogen and oxygen atoms in total. The number of rotatable bonds is 22. The van der Waals surface area contributed by atoms with Crippen LogP contribution in [-0.4, -0.2) is 75.9 Å². The number of hydrogen-bond acceptors (Lipinski definition) is 9. The van der Waals surface area contributed by atoms with Crippen LogP contribution in [0.5, 0.6) is 0 Å². The summed E-state index contributed by atoms with van der Waals surface area (Å²) < 4.78 is 17.8. The highest BCUT2D eigenvalue weighted by molar-refractivity contribution is 5.97. The number of allylic oxidation sites excluding steroid dienone is 2. The lowest BCUT2D eigenvalue weighted by Gasteiger charge is -2.34. The van der Waals surface area contributed by atoms with Crippen LogP contribution in [0, 0.1) is 23.7 Å². The van der Waals surface area contributed by atoms with Crippen LogP contribution in [0.2, 0.25) is 0 Å². The summed E-state index contributed by atoms with van der Waals surface area (Å²) in [5, 5.41) is 21.7. The van der Waals surface area contributed by atoms with Gasteiger partial charge in [0.1, 0.15) is 12.2 Å². The lowest BCUT2D eigenvalue weighted by atomic mass is 9.87. The van der Waals surface area contributed by atoms with Crippen molar-refractivity contribution in [3.05, 3.63) is 83.7 Å². The van der Waals surface area contributed by atoms with Gasteiger partial charge >= 0.3 is 11.9 Å². The normalized spacial score (nSPS) is 17.1. The molecule has 0 spiro atoms. The van der Waals surface area contributed by atoms with E-state index in [0.717, 1.165) is 36.1 Å². The van der Waals surface area contributed by atoms with E-state index in [1.54, 1.807) is 59.1 Å². The van der Waals surface area contributed by atoms with E-state index < -0.39 is 54.3 Å². The van der Waals surface area contributed by atoms with E-state index >= 15 is 0 Å². The lowest BCUT2D eigenvalue weighted by molar-refractivity contribution is -0.175. The Hall–Kier alpha value is -3.99. The standard InChI is InChI=1S/C43H62N2O8/c1-10-38(32(7)46)52-43(50)31(6)42(53-39(48)25-37-23-16-24-44-26-37)30(5)41(49)33(8)51-27-36(22-15-20-35-18-12-11-13-19-35)21-14-17-29(4)40(28(2)3)45-34(9)47/h11-13,15-16,18-20,22-24,26,28-33,38,41-42,46,49H,10,14,17,21,25,27H2,1-9H3/b20-15+,36-22+,45-40?/t29-,30-,31-,32?,33?,38-,41-,42+/m1/s1. The SMILES string of the molecule is CC[C@@H](OC(=O)[C@H](C)[C@@H](OC(=O)Cc1cccnc1)[C@H](C)[C@@H](O)C(C)OC/C(=C/C=C/c1ccccc1)CCC[C@@H](C)C(=NC(C)=O)C(C)C)C(C)O. The number of nitrogens with zero attached hydrogens (tertiary/aromatic N) is 2. The summed E-state index contributed by atoms with van der Waals surface area (Å²) in [4.78, 5) is 46.5. The molecule has 1 aromatic carbocycles. The molecule has 0 radical (unpaired) electrons. The zero-order chi connectivity index (χ0) is 39.5. The van der Waals surface area contributed by atoms with Gasteiger partial charge in [-0.15, -0.1) is 0 Å². The first kappa shape index (κ1) is 45.2. The van der Waals surface area contributed by atoms with Crippen molar-refractivity contribution in [2.75, 3.05) is 6.61 Å². The van der Waals surface area contributed by atoms with Crippen molar-refractivity contribution in [3.63, 3.8) is 0 Å². The fraction of sp³-hybridized carbons (Fsp3) is 0.558. The molecule has 2 N–H and O–H groups in total. The quantitative estimate of drug-likeness (QED) is 0.0720. The van der Waals surface area contributed by atoms with Crippen LogP contribution in [0.3, 0.4) is 0 Å². The summed E-state index contributed by atoms with van der Waals surface area (Å²) in [6.07, 6.45) is 7.52. The topological polar surface area (TPSA) is 145 Å². The highest BCUT2D eigenvalue weighted by atomic mass is 16.6. The van der Waals surface area contributed by atoms with Gasteiger partial charge in [-0.3, -0.25) is 19.4 Å². The molecule has 0 aliphatic rings. The molecule has 0 saturated heterocycles. The van der Waals surface area contributed by atoms with Gasteiger partial charge < -0.3 is 24.4 Å². The second-order valence-electron chi connectivity index (χ2n) is 14.4. The number of carbonyl (C=O) groups is 3. The molecule has 8 atom stereocenters. The number of hydrogen-bond donors (Lipinski definition) is 2. The molecule has 1 amide bonds. The third-order valence-electron chi connectivity index (χ3n) is 9.42. The number of aromatic nitrogens is 1. The summed E-state index contributed by atoms with van der Waals surface area (Å²) in [5.74, 6) is -2.76. The Morgan fingerprint density at radius 1 is 0.943 bits per heavy atom. The van der Waals surface area contributed by atoms with Crippen molar-refractivity contribution in [2.24, 2.45) is 28.7 Å². The first-order chi connectivity index (χ1) is 25.1. The van der Waals surface area contributed by atoms with Gasteiger partial charge in [0.2, 0.25) is 5.91 Å². The zero-order valence-corrected chi connectivity index (χ0v) is 33.1. The maximum atomic E-state index is 13.3. The third kappa shape index (κ3) is 16.3. The molecule has 292 valence electrons. The number of pyridine rings is 1. The van der Waals surface area contributed by atoms with Crippen LogP contribution >= 0.6 is 0 Å². The van der Waals surface area contributed by atoms with Crippen LogP contribution in [0.1, 0.15) is 99.1 Å². The molecule has 1 aromatic heterocycles. The smallest absolute Gasteiger partial charge is 0.312 e. The average Bonchev–Trinajstić information content (AvgIpc) is 3.13. The van der Waals surface area contributed by atoms with E-state index in [1.165, 1.54) is 6.92 Å². The molecule has 2 aromatic rings. The Bertz CT molecular complexity index is 1490. The maximum absolute atomic E-state index is 13.3. The van der Waals surface area contributed by atoms with Gasteiger partial charge in [-0.05, 0) is 81.1 Å². The molecule has 0 fully saturated rings. The number of esters is 2. The van der Waals surface area contributed by atoms with E-state index in [-0.39, 0.29) is 30.8 Å². The minimum absolute atomic E-state index is 0.0607. The van der Waals surface area contributed by atoms with Gasteiger partial charge in [0, 0.05) is 30.9 Å². The molecule has 53 heavy (non-hydrogen) atoms. The van der Waals surface area contributed by atoms with Crippen LogP contribution in [0.25, 0.3) is 6.08 Å². The van der Waals surface area contributed by atoms with E-state index in [4.69, 9.17) is 14.2 Å². The Kier molecular flexibility index (Phi) is 20.1. The van der Waals surface area contributed by atoms with Gasteiger partial charge in [-0.1, -0.05) is 89.2 Å². The van der Waals surface area contributed by atoms with Gasteiger partial charge in [-0.2, -0.15) is 0 Å². The third-order valence-corrected chi connectivity index (χ3v) is 9.42. The van der Waals surface area contributed by atoms with Gasteiger partial charge in [0.15, 0.2) is 0 Å². The molecule has 0 aliphatic carbocycles. The number of aliphatic hydroxyl groups excluding tert-OH is 2. The van der Waals surface area contributed by atoms with Crippen molar-refractivity contribution >= 4 is 29.6 Å². The zero-order valence-electron chi connectivity index (χ0n) is 33.1. The minimum Gasteiger partial charge on any atom is -0.461 e. The number of aliphatic hydroxyl groups is 2. The first-order valence-corrected chi connectivity index (χ1v) is 18.9. The fourth-order valence-corrected chi connectivity index (χ4v) is 6.24. The van der Waals surface area contributed by atoms with Gasteiger partial charge in [0.05, 0.1) is 37.3 Å². The van der Waals surface area contributed by atoms with Crippen molar-refractivity contribution < 1.29 is 38.8 Å². The Morgan fingerprint density at radius 2 is 1.64 bits per heavy atom. The predicted molar refractivity (Wildman–Crippen MR) is 209 cm³/mol. The highest BCUT2D eigenvalue weighted by Crippen LogP contribution is 2.27. The predicted octanol–water partition coefficient (Wildman–Crippen LogP) is 7.37. The second kappa shape index (κ2) is 23.6. The number of carbonyl (C=O) groups excluding carboxylic acids is 3. The Morgan fingerprint density at radius 3 is 2.23 bits per heavy atom. The molecule has 10 heteroatoms. The molecule has 1 heterocycles. The molecule has 0 bridgehead atoms. The molecule has 0 aliphatic heterocycles. The number of amides is 1. The number of benzene rings is 1. The largest absolute Gasteiger partial charge is 0.461 e. The summed E-state index contributed by atoms with van der Waals surface area (Å²) in [6, 6.07) is 13.4. The summed E-state index contributed by atoms with van der Waals surface area (Å²) in [6.45, 7) is 16.3. The summed E-state index contributed by atoms with van der Waals surface area (Å²) in [5.41, 5.74) is 3.63. The number of aliphatic imine (C=N–C) groups is 1. The van der Waals surface area contributed by atoms with Crippen molar-refractivity contribution in [1.29, 1.82) is 0 Å². The second-order valence-corrected chi connectivity index (χ2v) is 14.4. The van der Waals surface area contributed by atoms with Crippen LogP contribution in [-0.2, 0) is 35.0 Å². The Labute approximate surface area is 316 Å². The van der Waals surface area contributed by atoms with E-state index in [2.05, 4.69) is 16.9 Å². The number of ether oxygens (including phenoxy) is 3. The van der Waals surface area contributed by atoms with Crippen molar-refractivity contribution in [1.82, 2.24) is 4.98 Å². The van der Waals surface area contributed by atoms with E-state index in [9.17, 15) is 24.6 Å². The molecular weight excluding hydrogens is 672 g/mol. The highest BCUT2D eigenvalue weighted by Gasteiger charge is 2.39.